The van der Waals surface area contributed by atoms with Crippen molar-refractivity contribution in [3.05, 3.63) is 29.3 Å². The molecule has 0 radical (unpaired) electrons. The predicted molar refractivity (Wildman–Crippen MR) is 99.3 cm³/mol. The summed E-state index contributed by atoms with van der Waals surface area (Å²) < 4.78 is 0. The molecule has 1 rings (SSSR count). The second kappa shape index (κ2) is 10.3. The van der Waals surface area contributed by atoms with Gasteiger partial charge in [0.2, 0.25) is 11.8 Å². The van der Waals surface area contributed by atoms with Gasteiger partial charge in [0.05, 0.1) is 13.1 Å². The van der Waals surface area contributed by atoms with Crippen LogP contribution in [0.1, 0.15) is 33.6 Å². The summed E-state index contributed by atoms with van der Waals surface area (Å²) in [6.45, 7) is 6.69. The van der Waals surface area contributed by atoms with E-state index >= 15 is 0 Å². The van der Waals surface area contributed by atoms with Gasteiger partial charge in [-0.2, -0.15) is 0 Å². The minimum Gasteiger partial charge on any atom is -0.353 e. The molecule has 0 fully saturated rings. The summed E-state index contributed by atoms with van der Waals surface area (Å²) in [5.41, 5.74) is 0.685. The van der Waals surface area contributed by atoms with Gasteiger partial charge >= 0.3 is 0 Å². The van der Waals surface area contributed by atoms with Crippen LogP contribution in [0.5, 0.6) is 0 Å². The van der Waals surface area contributed by atoms with Crippen LogP contribution < -0.4 is 10.6 Å². The van der Waals surface area contributed by atoms with Crippen molar-refractivity contribution in [3.63, 3.8) is 0 Å². The van der Waals surface area contributed by atoms with Crippen LogP contribution in [0.2, 0.25) is 5.02 Å². The van der Waals surface area contributed by atoms with Gasteiger partial charge in [-0.25, -0.2) is 0 Å². The van der Waals surface area contributed by atoms with Gasteiger partial charge in [0.25, 0.3) is 0 Å². The third-order valence-electron chi connectivity index (χ3n) is 3.54. The molecule has 24 heavy (non-hydrogen) atoms. The van der Waals surface area contributed by atoms with Crippen LogP contribution in [0.25, 0.3) is 0 Å². The van der Waals surface area contributed by atoms with E-state index in [1.54, 1.807) is 36.2 Å². The predicted octanol–water partition coefficient (Wildman–Crippen LogP) is 3.15. The Kier molecular flexibility index (Phi) is 8.79. The molecule has 134 valence electrons. The zero-order chi connectivity index (χ0) is 18.1. The van der Waals surface area contributed by atoms with Gasteiger partial charge in [-0.05, 0) is 57.0 Å². The molecular formula is C18H28ClN3O2. The number of hydrogen-bond acceptors (Lipinski definition) is 3. The van der Waals surface area contributed by atoms with E-state index in [9.17, 15) is 9.59 Å². The highest BCUT2D eigenvalue weighted by Crippen LogP contribution is 2.13. The first-order valence-corrected chi connectivity index (χ1v) is 8.67. The molecule has 0 aliphatic heterocycles. The van der Waals surface area contributed by atoms with Crippen molar-refractivity contribution >= 4 is 29.1 Å². The number of benzene rings is 1. The zero-order valence-electron chi connectivity index (χ0n) is 14.9. The summed E-state index contributed by atoms with van der Waals surface area (Å²) in [5.74, 6) is 0.400. The van der Waals surface area contributed by atoms with Gasteiger partial charge in [-0.1, -0.05) is 25.4 Å². The van der Waals surface area contributed by atoms with Gasteiger partial charge in [-0.3, -0.25) is 14.5 Å². The SMILES string of the molecule is CC(C)CC[C@@H](C)NC(=O)CN(C)CC(=O)Nc1ccc(Cl)cc1. The molecule has 0 aromatic heterocycles. The average Bonchev–Trinajstić information content (AvgIpc) is 2.47. The molecular weight excluding hydrogens is 326 g/mol. The van der Waals surface area contributed by atoms with Crippen molar-refractivity contribution in [1.29, 1.82) is 0 Å². The summed E-state index contributed by atoms with van der Waals surface area (Å²) in [6, 6.07) is 7.06. The minimum atomic E-state index is -0.166. The molecule has 2 N–H and O–H groups in total. The number of likely N-dealkylation sites (N-methyl/N-ethyl adjacent to an activating group) is 1. The lowest BCUT2D eigenvalue weighted by atomic mass is 10.0. The van der Waals surface area contributed by atoms with Crippen LogP contribution >= 0.6 is 11.6 Å². The number of anilines is 1. The maximum Gasteiger partial charge on any atom is 0.238 e. The van der Waals surface area contributed by atoms with Crippen LogP contribution in [-0.2, 0) is 9.59 Å². The van der Waals surface area contributed by atoms with E-state index in [1.807, 2.05) is 6.92 Å². The summed E-state index contributed by atoms with van der Waals surface area (Å²) in [5, 5.41) is 6.36. The molecule has 1 aromatic rings. The summed E-state index contributed by atoms with van der Waals surface area (Å²) in [4.78, 5) is 25.6. The lowest BCUT2D eigenvalue weighted by Gasteiger charge is -2.19. The normalized spacial score (nSPS) is 12.3. The van der Waals surface area contributed by atoms with Crippen LogP contribution in [0.4, 0.5) is 5.69 Å². The topological polar surface area (TPSA) is 61.4 Å². The molecule has 5 nitrogen and oxygen atoms in total. The molecule has 6 heteroatoms. The first kappa shape index (κ1) is 20.5. The number of nitrogens with one attached hydrogen (secondary N) is 2. The fourth-order valence-corrected chi connectivity index (χ4v) is 2.38. The van der Waals surface area contributed by atoms with Gasteiger partial charge < -0.3 is 10.6 Å². The Labute approximate surface area is 149 Å². The highest BCUT2D eigenvalue weighted by Gasteiger charge is 2.13. The molecule has 0 saturated carbocycles. The van der Waals surface area contributed by atoms with Crippen molar-refractivity contribution < 1.29 is 9.59 Å². The summed E-state index contributed by atoms with van der Waals surface area (Å²) >= 11 is 5.81. The first-order valence-electron chi connectivity index (χ1n) is 8.29. The van der Waals surface area contributed by atoms with Crippen molar-refractivity contribution in [1.82, 2.24) is 10.2 Å². The number of nitrogens with zero attached hydrogens (tertiary/aromatic N) is 1. The van der Waals surface area contributed by atoms with Crippen molar-refractivity contribution in [2.75, 3.05) is 25.5 Å². The standard InChI is InChI=1S/C18H28ClN3O2/c1-13(2)5-6-14(3)20-17(23)11-22(4)12-18(24)21-16-9-7-15(19)8-10-16/h7-10,13-14H,5-6,11-12H2,1-4H3,(H,20,23)(H,21,24)/t14-/m1/s1. The van der Waals surface area contributed by atoms with Gasteiger partial charge in [0.15, 0.2) is 0 Å². The number of amides is 2. The number of hydrogen-bond donors (Lipinski definition) is 2. The second-order valence-electron chi connectivity index (χ2n) is 6.67. The zero-order valence-corrected chi connectivity index (χ0v) is 15.7. The maximum absolute atomic E-state index is 12.0. The van der Waals surface area contributed by atoms with Gasteiger partial charge in [-0.15, -0.1) is 0 Å². The molecule has 1 aromatic carbocycles. The summed E-state index contributed by atoms with van der Waals surface area (Å²) in [6.07, 6.45) is 2.05. The molecule has 0 bridgehead atoms. The van der Waals surface area contributed by atoms with Crippen molar-refractivity contribution in [3.8, 4) is 0 Å². The first-order chi connectivity index (χ1) is 11.3. The van der Waals surface area contributed by atoms with Crippen LogP contribution in [-0.4, -0.2) is 42.9 Å². The molecule has 1 atom stereocenters. The monoisotopic (exact) mass is 353 g/mol. The largest absolute Gasteiger partial charge is 0.353 e. The molecule has 0 heterocycles. The van der Waals surface area contributed by atoms with Crippen LogP contribution in [0.3, 0.4) is 0 Å². The molecule has 0 saturated heterocycles. The number of halogens is 1. The Morgan fingerprint density at radius 3 is 2.21 bits per heavy atom. The Balaban J connectivity index is 2.31. The Morgan fingerprint density at radius 1 is 1.04 bits per heavy atom. The molecule has 0 spiro atoms. The van der Waals surface area contributed by atoms with Gasteiger partial charge in [0.1, 0.15) is 0 Å². The molecule has 0 aliphatic rings. The van der Waals surface area contributed by atoms with E-state index in [2.05, 4.69) is 24.5 Å². The third kappa shape index (κ3) is 8.89. The maximum atomic E-state index is 12.0. The van der Waals surface area contributed by atoms with E-state index in [0.29, 0.717) is 16.6 Å². The van der Waals surface area contributed by atoms with E-state index in [-0.39, 0.29) is 30.9 Å². The molecule has 0 aliphatic carbocycles. The van der Waals surface area contributed by atoms with Crippen LogP contribution in [0, 0.1) is 5.92 Å². The average molecular weight is 354 g/mol. The Morgan fingerprint density at radius 2 is 1.62 bits per heavy atom. The van der Waals surface area contributed by atoms with Crippen molar-refractivity contribution in [2.24, 2.45) is 5.92 Å². The Bertz CT molecular complexity index is 532. The highest BCUT2D eigenvalue weighted by atomic mass is 35.5. The van der Waals surface area contributed by atoms with Crippen molar-refractivity contribution in [2.45, 2.75) is 39.7 Å². The third-order valence-corrected chi connectivity index (χ3v) is 3.79. The number of carbonyl (C=O) groups is 2. The van der Waals surface area contributed by atoms with Gasteiger partial charge in [0, 0.05) is 16.8 Å². The smallest absolute Gasteiger partial charge is 0.238 e. The minimum absolute atomic E-state index is 0.0620. The van der Waals surface area contributed by atoms with E-state index in [0.717, 1.165) is 12.8 Å². The fraction of sp³-hybridized carbons (Fsp3) is 0.556. The number of rotatable bonds is 9. The van der Waals surface area contributed by atoms with E-state index in [4.69, 9.17) is 11.6 Å². The van der Waals surface area contributed by atoms with Crippen LogP contribution in [0.15, 0.2) is 24.3 Å². The highest BCUT2D eigenvalue weighted by molar-refractivity contribution is 6.30. The summed E-state index contributed by atoms with van der Waals surface area (Å²) in [7, 11) is 1.75. The van der Waals surface area contributed by atoms with E-state index in [1.165, 1.54) is 0 Å². The quantitative estimate of drug-likeness (QED) is 0.717. The lowest BCUT2D eigenvalue weighted by Crippen LogP contribution is -2.42. The van der Waals surface area contributed by atoms with E-state index < -0.39 is 0 Å². The molecule has 2 amide bonds. The Hall–Kier alpha value is -1.59. The molecule has 0 unspecified atom stereocenters. The fourth-order valence-electron chi connectivity index (χ4n) is 2.26. The lowest BCUT2D eigenvalue weighted by molar-refractivity contribution is -0.123. The number of carbonyl (C=O) groups excluding carboxylic acids is 2. The second-order valence-corrected chi connectivity index (χ2v) is 7.10.